The molecule has 5 rings (SSSR count). The first-order valence-corrected chi connectivity index (χ1v) is 10.3. The zero-order chi connectivity index (χ0) is 22.5. The lowest BCUT2D eigenvalue weighted by atomic mass is 9.99. The molecule has 3 aromatic rings. The molecule has 2 saturated heterocycles. The first-order valence-electron chi connectivity index (χ1n) is 10.3. The Morgan fingerprint density at radius 1 is 0.969 bits per heavy atom. The van der Waals surface area contributed by atoms with E-state index < -0.39 is 23.4 Å². The van der Waals surface area contributed by atoms with Crippen molar-refractivity contribution in [3.05, 3.63) is 59.8 Å². The molecule has 0 aliphatic carbocycles. The van der Waals surface area contributed by atoms with Gasteiger partial charge in [-0.2, -0.15) is 13.2 Å². The van der Waals surface area contributed by atoms with Crippen LogP contribution in [0.2, 0.25) is 0 Å². The molecule has 1 aromatic carbocycles. The Kier molecular flexibility index (Phi) is 5.02. The van der Waals surface area contributed by atoms with Crippen molar-refractivity contribution in [3.63, 3.8) is 0 Å². The summed E-state index contributed by atoms with van der Waals surface area (Å²) in [6, 6.07) is 7.51. The number of anilines is 1. The maximum absolute atomic E-state index is 13.5. The maximum atomic E-state index is 13.5. The van der Waals surface area contributed by atoms with Gasteiger partial charge in [0.1, 0.15) is 23.6 Å². The van der Waals surface area contributed by atoms with Crippen molar-refractivity contribution in [1.29, 1.82) is 0 Å². The fourth-order valence-electron chi connectivity index (χ4n) is 4.70. The van der Waals surface area contributed by atoms with E-state index in [1.54, 1.807) is 6.07 Å². The molecule has 32 heavy (non-hydrogen) atoms. The van der Waals surface area contributed by atoms with Gasteiger partial charge in [-0.1, -0.05) is 0 Å². The molecular weight excluding hydrogens is 431 g/mol. The van der Waals surface area contributed by atoms with Gasteiger partial charge < -0.3 is 9.64 Å². The number of hydrogen-bond acceptors (Lipinski definition) is 4. The van der Waals surface area contributed by atoms with Crippen LogP contribution in [0.5, 0.6) is 5.88 Å². The van der Waals surface area contributed by atoms with E-state index >= 15 is 0 Å². The minimum atomic E-state index is -4.41. The number of aromatic nitrogens is 3. The quantitative estimate of drug-likeness (QED) is 0.545. The van der Waals surface area contributed by atoms with Crippen LogP contribution in [-0.4, -0.2) is 33.4 Å². The zero-order valence-corrected chi connectivity index (χ0v) is 16.7. The molecule has 1 N–H and O–H groups in total. The lowest BCUT2D eigenvalue weighted by Gasteiger charge is -2.39. The second-order valence-electron chi connectivity index (χ2n) is 8.18. The van der Waals surface area contributed by atoms with Crippen molar-refractivity contribution >= 4 is 5.82 Å². The summed E-state index contributed by atoms with van der Waals surface area (Å²) in [7, 11) is 0. The standard InChI is InChI=1S/C22H19F5N4O/c23-14-5-12(6-15(24)7-14)19-10-21(30-29-19)32-18-8-16-2-3-17(9-18)31(16)20-4-1-13(11-28-20)22(25,26)27/h1,4-7,10-11,16-18H,2-3,8-9H2,(H,29,30)/t16-,17+,18?. The minimum absolute atomic E-state index is 0.110. The summed E-state index contributed by atoms with van der Waals surface area (Å²) in [5.41, 5.74) is 0.000195. The highest BCUT2D eigenvalue weighted by Gasteiger charge is 2.42. The average Bonchev–Trinajstić information content (AvgIpc) is 3.29. The topological polar surface area (TPSA) is 54.0 Å². The maximum Gasteiger partial charge on any atom is 0.417 e. The van der Waals surface area contributed by atoms with Gasteiger partial charge in [-0.15, -0.1) is 5.10 Å². The smallest absolute Gasteiger partial charge is 0.417 e. The summed E-state index contributed by atoms with van der Waals surface area (Å²) in [6.07, 6.45) is -0.503. The second kappa shape index (κ2) is 7.75. The van der Waals surface area contributed by atoms with Gasteiger partial charge in [0.05, 0.1) is 11.3 Å². The molecule has 2 aliphatic rings. The number of halogens is 5. The summed E-state index contributed by atoms with van der Waals surface area (Å²) in [6.45, 7) is 0. The first-order chi connectivity index (χ1) is 15.3. The summed E-state index contributed by atoms with van der Waals surface area (Å²) >= 11 is 0. The number of hydrogen-bond donors (Lipinski definition) is 1. The number of ether oxygens (including phenoxy) is 1. The van der Waals surface area contributed by atoms with Crippen LogP contribution in [0.1, 0.15) is 31.2 Å². The van der Waals surface area contributed by atoms with Crippen molar-refractivity contribution in [1.82, 2.24) is 15.2 Å². The lowest BCUT2D eigenvalue weighted by molar-refractivity contribution is -0.137. The van der Waals surface area contributed by atoms with Gasteiger partial charge in [0.15, 0.2) is 0 Å². The van der Waals surface area contributed by atoms with Crippen LogP contribution in [0, 0.1) is 11.6 Å². The molecular formula is C22H19F5N4O. The van der Waals surface area contributed by atoms with E-state index in [1.165, 1.54) is 18.2 Å². The van der Waals surface area contributed by atoms with Crippen molar-refractivity contribution in [3.8, 4) is 17.1 Å². The van der Waals surface area contributed by atoms with Gasteiger partial charge in [0.25, 0.3) is 0 Å². The van der Waals surface area contributed by atoms with Crippen molar-refractivity contribution in [2.45, 2.75) is 50.0 Å². The summed E-state index contributed by atoms with van der Waals surface area (Å²) < 4.78 is 71.4. The Balaban J connectivity index is 1.27. The molecule has 0 spiro atoms. The molecule has 10 heteroatoms. The molecule has 5 nitrogen and oxygen atoms in total. The highest BCUT2D eigenvalue weighted by atomic mass is 19.4. The van der Waals surface area contributed by atoms with Gasteiger partial charge in [0, 0.05) is 48.8 Å². The fraction of sp³-hybridized carbons (Fsp3) is 0.364. The van der Waals surface area contributed by atoms with E-state index in [4.69, 9.17) is 4.74 Å². The van der Waals surface area contributed by atoms with Gasteiger partial charge >= 0.3 is 6.18 Å². The Labute approximate surface area is 180 Å². The molecule has 4 heterocycles. The van der Waals surface area contributed by atoms with E-state index in [9.17, 15) is 22.0 Å². The number of fused-ring (bicyclic) bond motifs is 2. The number of benzene rings is 1. The van der Waals surface area contributed by atoms with Gasteiger partial charge in [-0.05, 0) is 37.1 Å². The van der Waals surface area contributed by atoms with E-state index in [0.717, 1.165) is 31.2 Å². The van der Waals surface area contributed by atoms with Crippen LogP contribution < -0.4 is 9.64 Å². The summed E-state index contributed by atoms with van der Waals surface area (Å²) in [4.78, 5) is 6.15. The predicted molar refractivity (Wildman–Crippen MR) is 106 cm³/mol. The number of pyridine rings is 1. The SMILES string of the molecule is Fc1cc(F)cc(-c2cc(OC3C[C@H]4CC[C@@H](C3)N4c3ccc(C(F)(F)F)cn3)n[nH]2)c1. The third-order valence-electron chi connectivity index (χ3n) is 6.04. The predicted octanol–water partition coefficient (Wildman–Crippen LogP) is 5.35. The molecule has 0 radical (unpaired) electrons. The second-order valence-corrected chi connectivity index (χ2v) is 8.18. The van der Waals surface area contributed by atoms with E-state index in [1.807, 2.05) is 0 Å². The fourth-order valence-corrected chi connectivity index (χ4v) is 4.70. The molecule has 0 saturated carbocycles. The largest absolute Gasteiger partial charge is 0.473 e. The van der Waals surface area contributed by atoms with Crippen LogP contribution in [0.3, 0.4) is 0 Å². The number of nitrogens with one attached hydrogen (secondary N) is 1. The Hall–Kier alpha value is -3.17. The van der Waals surface area contributed by atoms with Crippen molar-refractivity contribution in [2.24, 2.45) is 0 Å². The van der Waals surface area contributed by atoms with Crippen molar-refractivity contribution < 1.29 is 26.7 Å². The van der Waals surface area contributed by atoms with Gasteiger partial charge in [-0.25, -0.2) is 13.8 Å². The van der Waals surface area contributed by atoms with Gasteiger partial charge in [0.2, 0.25) is 5.88 Å². The van der Waals surface area contributed by atoms with E-state index in [0.29, 0.717) is 35.8 Å². The monoisotopic (exact) mass is 450 g/mol. The normalized spacial score (nSPS) is 22.9. The number of piperidine rings is 1. The van der Waals surface area contributed by atoms with Crippen LogP contribution >= 0.6 is 0 Å². The van der Waals surface area contributed by atoms with Crippen LogP contribution in [-0.2, 0) is 6.18 Å². The number of nitrogens with zero attached hydrogens (tertiary/aromatic N) is 3. The molecule has 2 aromatic heterocycles. The highest BCUT2D eigenvalue weighted by molar-refractivity contribution is 5.60. The summed E-state index contributed by atoms with van der Waals surface area (Å²) in [5, 5.41) is 6.84. The third-order valence-corrected chi connectivity index (χ3v) is 6.04. The molecule has 1 unspecified atom stereocenters. The Morgan fingerprint density at radius 2 is 1.66 bits per heavy atom. The molecule has 3 atom stereocenters. The minimum Gasteiger partial charge on any atom is -0.473 e. The number of aromatic amines is 1. The third kappa shape index (κ3) is 4.01. The number of alkyl halides is 3. The summed E-state index contributed by atoms with van der Waals surface area (Å²) in [5.74, 6) is -0.495. The Bertz CT molecular complexity index is 1080. The van der Waals surface area contributed by atoms with E-state index in [2.05, 4.69) is 20.1 Å². The van der Waals surface area contributed by atoms with Crippen LogP contribution in [0.25, 0.3) is 11.3 Å². The highest BCUT2D eigenvalue weighted by Crippen LogP contribution is 2.40. The zero-order valence-electron chi connectivity index (χ0n) is 16.7. The number of rotatable bonds is 4. The van der Waals surface area contributed by atoms with Crippen LogP contribution in [0.4, 0.5) is 27.8 Å². The molecule has 2 bridgehead atoms. The van der Waals surface area contributed by atoms with Gasteiger partial charge in [-0.3, -0.25) is 5.10 Å². The molecule has 168 valence electrons. The average molecular weight is 450 g/mol. The van der Waals surface area contributed by atoms with Crippen LogP contribution in [0.15, 0.2) is 42.6 Å². The van der Waals surface area contributed by atoms with Crippen molar-refractivity contribution in [2.75, 3.05) is 4.90 Å². The van der Waals surface area contributed by atoms with E-state index in [-0.39, 0.29) is 18.2 Å². The number of H-pyrrole nitrogens is 1. The Morgan fingerprint density at radius 3 is 2.25 bits per heavy atom. The molecule has 2 fully saturated rings. The molecule has 2 aliphatic heterocycles. The first kappa shape index (κ1) is 20.7. The lowest BCUT2D eigenvalue weighted by Crippen LogP contribution is -2.46. The molecule has 0 amide bonds.